The van der Waals surface area contributed by atoms with Crippen LogP contribution in [0.2, 0.25) is 0 Å². The van der Waals surface area contributed by atoms with E-state index in [1.165, 1.54) is 18.1 Å². The number of nitrogen functional groups attached to an aromatic ring is 1. The predicted molar refractivity (Wildman–Crippen MR) is 132 cm³/mol. The molecule has 1 saturated heterocycles. The predicted octanol–water partition coefficient (Wildman–Crippen LogP) is 3.03. The topological polar surface area (TPSA) is 134 Å². The van der Waals surface area contributed by atoms with E-state index in [0.29, 0.717) is 40.9 Å². The molecule has 5 rings (SSSR count). The normalized spacial score (nSPS) is 18.4. The number of likely N-dealkylation sites (tertiary alicyclic amines) is 1. The van der Waals surface area contributed by atoms with Crippen LogP contribution in [0.3, 0.4) is 0 Å². The molecule has 2 aromatic heterocycles. The van der Waals surface area contributed by atoms with Crippen LogP contribution in [0.1, 0.15) is 26.2 Å². The Morgan fingerprint density at radius 2 is 2.12 bits per heavy atom. The molecule has 0 bridgehead atoms. The quantitative estimate of drug-likeness (QED) is 0.477. The van der Waals surface area contributed by atoms with Crippen molar-refractivity contribution >= 4 is 50.6 Å². The summed E-state index contributed by atoms with van der Waals surface area (Å²) in [6, 6.07) is 3.37. The Bertz CT molecular complexity index is 1230. The highest BCUT2D eigenvalue weighted by molar-refractivity contribution is 9.10. The van der Waals surface area contributed by atoms with Crippen LogP contribution in [0.15, 0.2) is 33.0 Å². The van der Waals surface area contributed by atoms with Gasteiger partial charge in [-0.1, -0.05) is 11.8 Å². The summed E-state index contributed by atoms with van der Waals surface area (Å²) in [4.78, 5) is 28.6. The number of carbonyl (C=O) groups is 1. The van der Waals surface area contributed by atoms with E-state index < -0.39 is 6.04 Å². The molecule has 34 heavy (non-hydrogen) atoms. The minimum absolute atomic E-state index is 0.0159. The van der Waals surface area contributed by atoms with E-state index in [9.17, 15) is 4.79 Å². The third-order valence-corrected chi connectivity index (χ3v) is 8.11. The number of rotatable bonds is 6. The number of benzene rings is 1. The third kappa shape index (κ3) is 4.53. The molecule has 2 aliphatic rings. The number of aryl methyl sites for hydroxylation is 1. The number of imidazole rings is 1. The molecule has 2 aliphatic heterocycles. The zero-order chi connectivity index (χ0) is 23.8. The van der Waals surface area contributed by atoms with E-state index in [4.69, 9.17) is 25.9 Å². The highest BCUT2D eigenvalue weighted by Crippen LogP contribution is 2.43. The van der Waals surface area contributed by atoms with Gasteiger partial charge in [-0.3, -0.25) is 4.79 Å². The Balaban J connectivity index is 1.40. The Hall–Kier alpha value is -2.57. The molecule has 0 aliphatic carbocycles. The molecule has 1 aromatic carbocycles. The molecule has 1 unspecified atom stereocenters. The standard InChI is InChI=1S/C22H26BrN7O3S/c1-12(24)21(31)29-5-2-3-13(9-29)4-6-30-20-18(19(25)26-10-27-20)28-22(30)34-17-8-16-15(7-14(17)23)32-11-33-16/h7-8,10,12-13H,2-6,9,11,24H2,1H3,(H2,25,26,27)/t12-,13?/m1/s1. The van der Waals surface area contributed by atoms with Crippen molar-refractivity contribution in [2.24, 2.45) is 11.7 Å². The Morgan fingerprint density at radius 1 is 1.32 bits per heavy atom. The number of aromatic nitrogens is 4. The fraction of sp³-hybridized carbons (Fsp3) is 0.455. The van der Waals surface area contributed by atoms with Gasteiger partial charge in [0.2, 0.25) is 12.7 Å². The molecule has 10 nitrogen and oxygen atoms in total. The summed E-state index contributed by atoms with van der Waals surface area (Å²) in [5.74, 6) is 2.16. The number of hydrogen-bond acceptors (Lipinski definition) is 9. The van der Waals surface area contributed by atoms with Crippen molar-refractivity contribution in [3.8, 4) is 11.5 Å². The second-order valence-electron chi connectivity index (χ2n) is 8.58. The first-order valence-corrected chi connectivity index (χ1v) is 12.8. The van der Waals surface area contributed by atoms with Crippen LogP contribution in [-0.2, 0) is 11.3 Å². The van der Waals surface area contributed by atoms with Gasteiger partial charge in [0.25, 0.3) is 0 Å². The van der Waals surface area contributed by atoms with Crippen LogP contribution in [0.4, 0.5) is 5.82 Å². The van der Waals surface area contributed by atoms with Crippen LogP contribution in [0, 0.1) is 5.92 Å². The summed E-state index contributed by atoms with van der Waals surface area (Å²) in [5.41, 5.74) is 13.2. The molecule has 12 heteroatoms. The van der Waals surface area contributed by atoms with Crippen molar-refractivity contribution in [2.75, 3.05) is 25.6 Å². The average Bonchev–Trinajstić information content (AvgIpc) is 3.42. The average molecular weight is 548 g/mol. The van der Waals surface area contributed by atoms with Crippen molar-refractivity contribution in [3.63, 3.8) is 0 Å². The largest absolute Gasteiger partial charge is 0.454 e. The molecule has 0 spiro atoms. The lowest BCUT2D eigenvalue weighted by atomic mass is 9.94. The van der Waals surface area contributed by atoms with Gasteiger partial charge in [-0.15, -0.1) is 0 Å². The summed E-state index contributed by atoms with van der Waals surface area (Å²) in [7, 11) is 0. The van der Waals surface area contributed by atoms with Crippen molar-refractivity contribution < 1.29 is 14.3 Å². The molecule has 1 fully saturated rings. The smallest absolute Gasteiger partial charge is 0.239 e. The molecular weight excluding hydrogens is 522 g/mol. The molecule has 1 amide bonds. The van der Waals surface area contributed by atoms with E-state index in [0.717, 1.165) is 46.9 Å². The van der Waals surface area contributed by atoms with Gasteiger partial charge in [-0.05, 0) is 60.2 Å². The van der Waals surface area contributed by atoms with Crippen LogP contribution in [0.25, 0.3) is 11.2 Å². The molecule has 4 heterocycles. The number of nitrogens with zero attached hydrogens (tertiary/aromatic N) is 5. The number of halogens is 1. The minimum atomic E-state index is -0.473. The van der Waals surface area contributed by atoms with Gasteiger partial charge >= 0.3 is 0 Å². The van der Waals surface area contributed by atoms with Gasteiger partial charge in [0.15, 0.2) is 33.6 Å². The number of carbonyl (C=O) groups excluding carboxylic acids is 1. The van der Waals surface area contributed by atoms with Crippen LogP contribution < -0.4 is 20.9 Å². The highest BCUT2D eigenvalue weighted by Gasteiger charge is 2.26. The second kappa shape index (κ2) is 9.59. The first-order valence-electron chi connectivity index (χ1n) is 11.2. The van der Waals surface area contributed by atoms with Gasteiger partial charge in [0.1, 0.15) is 6.33 Å². The van der Waals surface area contributed by atoms with Gasteiger partial charge < -0.3 is 30.4 Å². The highest BCUT2D eigenvalue weighted by atomic mass is 79.9. The van der Waals surface area contributed by atoms with E-state index >= 15 is 0 Å². The molecule has 3 aromatic rings. The fourth-order valence-corrected chi connectivity index (χ4v) is 5.90. The molecule has 4 N–H and O–H groups in total. The molecular formula is C22H26BrN7O3S. The number of piperidine rings is 1. The van der Waals surface area contributed by atoms with E-state index in [-0.39, 0.29) is 12.7 Å². The van der Waals surface area contributed by atoms with E-state index in [2.05, 4.69) is 30.5 Å². The number of fused-ring (bicyclic) bond motifs is 2. The number of ether oxygens (including phenoxy) is 2. The first-order chi connectivity index (χ1) is 16.4. The van der Waals surface area contributed by atoms with E-state index in [1.54, 1.807) is 6.92 Å². The summed E-state index contributed by atoms with van der Waals surface area (Å²) in [6.45, 7) is 4.15. The van der Waals surface area contributed by atoms with Crippen molar-refractivity contribution in [1.29, 1.82) is 0 Å². The minimum Gasteiger partial charge on any atom is -0.454 e. The summed E-state index contributed by atoms with van der Waals surface area (Å²) in [5, 5.41) is 0.765. The van der Waals surface area contributed by atoms with E-state index in [1.807, 2.05) is 17.0 Å². The lowest BCUT2D eigenvalue weighted by Gasteiger charge is -2.34. The van der Waals surface area contributed by atoms with Gasteiger partial charge in [-0.2, -0.15) is 0 Å². The molecule has 180 valence electrons. The molecule has 0 saturated carbocycles. The Kier molecular flexibility index (Phi) is 6.54. The zero-order valence-electron chi connectivity index (χ0n) is 18.7. The third-order valence-electron chi connectivity index (χ3n) is 6.13. The SMILES string of the molecule is C[C@@H](N)C(=O)N1CCCC(CCn2c(Sc3cc4c(cc3Br)OCO4)nc3c(N)ncnc32)C1. The second-order valence-corrected chi connectivity index (χ2v) is 10.4. The Labute approximate surface area is 209 Å². The van der Waals surface area contributed by atoms with Crippen LogP contribution in [-0.4, -0.2) is 56.3 Å². The van der Waals surface area contributed by atoms with Crippen molar-refractivity contribution in [2.45, 2.75) is 48.8 Å². The van der Waals surface area contributed by atoms with Gasteiger partial charge in [0, 0.05) is 29.0 Å². The maximum Gasteiger partial charge on any atom is 0.239 e. The number of amides is 1. The monoisotopic (exact) mass is 547 g/mol. The molecule has 2 atom stereocenters. The van der Waals surface area contributed by atoms with Gasteiger partial charge in [-0.25, -0.2) is 15.0 Å². The summed E-state index contributed by atoms with van der Waals surface area (Å²) < 4.78 is 14.0. The molecule has 0 radical (unpaired) electrons. The maximum absolute atomic E-state index is 12.4. The summed E-state index contributed by atoms with van der Waals surface area (Å²) in [6.07, 6.45) is 4.40. The Morgan fingerprint density at radius 3 is 2.91 bits per heavy atom. The number of anilines is 1. The number of nitrogens with two attached hydrogens (primary N) is 2. The first kappa shape index (κ1) is 23.2. The summed E-state index contributed by atoms with van der Waals surface area (Å²) >= 11 is 5.13. The van der Waals surface area contributed by atoms with Crippen molar-refractivity contribution in [3.05, 3.63) is 22.9 Å². The van der Waals surface area contributed by atoms with Crippen LogP contribution in [0.5, 0.6) is 11.5 Å². The fourth-order valence-electron chi connectivity index (χ4n) is 4.39. The maximum atomic E-state index is 12.4. The van der Waals surface area contributed by atoms with Crippen molar-refractivity contribution in [1.82, 2.24) is 24.4 Å². The zero-order valence-corrected chi connectivity index (χ0v) is 21.1. The van der Waals surface area contributed by atoms with Crippen LogP contribution >= 0.6 is 27.7 Å². The lowest BCUT2D eigenvalue weighted by molar-refractivity contribution is -0.134. The number of hydrogen-bond donors (Lipinski definition) is 2. The van der Waals surface area contributed by atoms with Gasteiger partial charge in [0.05, 0.1) is 6.04 Å². The lowest BCUT2D eigenvalue weighted by Crippen LogP contribution is -2.47.